The van der Waals surface area contributed by atoms with Gasteiger partial charge in [0.15, 0.2) is 0 Å². The molecule has 3 heterocycles. The van der Waals surface area contributed by atoms with E-state index in [0.29, 0.717) is 5.69 Å². The Hall–Kier alpha value is -1.72. The fourth-order valence-electron chi connectivity index (χ4n) is 2.51. The molecule has 2 unspecified atom stereocenters. The van der Waals surface area contributed by atoms with Crippen molar-refractivity contribution in [2.75, 3.05) is 6.61 Å². The third kappa shape index (κ3) is 2.46. The minimum absolute atomic E-state index is 0.00857. The number of rotatable bonds is 3. The van der Waals surface area contributed by atoms with Gasteiger partial charge < -0.3 is 9.84 Å². The van der Waals surface area contributed by atoms with Crippen molar-refractivity contribution >= 4 is 0 Å². The normalized spacial score (nSPS) is 22.4. The molecule has 1 aliphatic heterocycles. The molecular weight excluding hydrogens is 254 g/mol. The Morgan fingerprint density at radius 2 is 2.10 bits per heavy atom. The van der Waals surface area contributed by atoms with Gasteiger partial charge in [-0.25, -0.2) is 4.68 Å². The van der Waals surface area contributed by atoms with Crippen LogP contribution in [-0.4, -0.2) is 26.5 Å². The molecule has 1 N–H and O–H groups in total. The minimum Gasteiger partial charge on any atom is -0.379 e. The third-order valence-corrected chi connectivity index (χ3v) is 3.80. The summed E-state index contributed by atoms with van der Waals surface area (Å²) in [7, 11) is 0. The zero-order valence-electron chi connectivity index (χ0n) is 11.6. The first-order valence-electron chi connectivity index (χ1n) is 6.98. The summed E-state index contributed by atoms with van der Waals surface area (Å²) in [6, 6.07) is 5.45. The van der Waals surface area contributed by atoms with Gasteiger partial charge in [-0.15, -0.1) is 0 Å². The van der Waals surface area contributed by atoms with Crippen molar-refractivity contribution in [3.05, 3.63) is 48.0 Å². The number of ether oxygens (including phenoxy) is 1. The van der Waals surface area contributed by atoms with Crippen molar-refractivity contribution in [2.45, 2.75) is 38.0 Å². The molecule has 5 nitrogen and oxygen atoms in total. The average Bonchev–Trinajstić information content (AvgIpc) is 3.00. The molecule has 0 aromatic carbocycles. The highest BCUT2D eigenvalue weighted by Gasteiger charge is 2.29. The summed E-state index contributed by atoms with van der Waals surface area (Å²) in [5.74, 6) is 0. The molecule has 2 atom stereocenters. The van der Waals surface area contributed by atoms with Crippen molar-refractivity contribution in [3.63, 3.8) is 0 Å². The molecule has 2 aromatic heterocycles. The second kappa shape index (κ2) is 5.34. The van der Waals surface area contributed by atoms with E-state index in [9.17, 15) is 5.11 Å². The molecule has 106 valence electrons. The van der Waals surface area contributed by atoms with Crippen molar-refractivity contribution in [3.8, 4) is 0 Å². The largest absolute Gasteiger partial charge is 0.379 e. The van der Waals surface area contributed by atoms with Crippen LogP contribution < -0.4 is 0 Å². The van der Waals surface area contributed by atoms with Gasteiger partial charge in [0.05, 0.1) is 5.69 Å². The summed E-state index contributed by atoms with van der Waals surface area (Å²) in [5.41, 5.74) is 0.281. The molecule has 0 saturated carbocycles. The maximum atomic E-state index is 10.7. The molecule has 1 fully saturated rings. The van der Waals surface area contributed by atoms with Crippen LogP contribution in [0.3, 0.4) is 0 Å². The first-order valence-corrected chi connectivity index (χ1v) is 6.98. The first-order chi connectivity index (χ1) is 9.68. The van der Waals surface area contributed by atoms with Crippen molar-refractivity contribution in [1.82, 2.24) is 14.8 Å². The van der Waals surface area contributed by atoms with Gasteiger partial charge >= 0.3 is 0 Å². The summed E-state index contributed by atoms with van der Waals surface area (Å²) < 4.78 is 7.51. The van der Waals surface area contributed by atoms with E-state index < -0.39 is 5.60 Å². The lowest BCUT2D eigenvalue weighted by Gasteiger charge is -2.24. The maximum absolute atomic E-state index is 10.7. The zero-order valence-corrected chi connectivity index (χ0v) is 11.6. The molecule has 1 saturated heterocycles. The molecule has 0 aliphatic carbocycles. The molecule has 2 aromatic rings. The van der Waals surface area contributed by atoms with E-state index in [0.717, 1.165) is 31.4 Å². The number of hydrogen-bond donors (Lipinski definition) is 1. The highest BCUT2D eigenvalue weighted by molar-refractivity contribution is 5.28. The molecule has 0 spiro atoms. The SMILES string of the molecule is CC(O)(c1ccncc1)c1ccn(C2CCCCO2)n1. The van der Waals surface area contributed by atoms with Crippen LogP contribution in [0.15, 0.2) is 36.8 Å². The Morgan fingerprint density at radius 3 is 2.80 bits per heavy atom. The molecule has 0 amide bonds. The maximum Gasteiger partial charge on any atom is 0.150 e. The quantitative estimate of drug-likeness (QED) is 0.931. The lowest BCUT2D eigenvalue weighted by molar-refractivity contribution is -0.0405. The monoisotopic (exact) mass is 273 g/mol. The van der Waals surface area contributed by atoms with E-state index in [1.807, 2.05) is 16.9 Å². The van der Waals surface area contributed by atoms with E-state index in [4.69, 9.17) is 4.74 Å². The van der Waals surface area contributed by atoms with Crippen LogP contribution >= 0.6 is 0 Å². The Labute approximate surface area is 118 Å². The van der Waals surface area contributed by atoms with E-state index in [2.05, 4.69) is 10.1 Å². The molecule has 3 rings (SSSR count). The van der Waals surface area contributed by atoms with Crippen LogP contribution in [0.2, 0.25) is 0 Å². The molecule has 20 heavy (non-hydrogen) atoms. The first kappa shape index (κ1) is 13.3. The van der Waals surface area contributed by atoms with E-state index >= 15 is 0 Å². The predicted octanol–water partition coefficient (Wildman–Crippen LogP) is 2.23. The minimum atomic E-state index is -1.12. The van der Waals surface area contributed by atoms with Crippen LogP contribution in [0.1, 0.15) is 43.7 Å². The van der Waals surface area contributed by atoms with Crippen LogP contribution in [-0.2, 0) is 10.3 Å². The third-order valence-electron chi connectivity index (χ3n) is 3.80. The van der Waals surface area contributed by atoms with Gasteiger partial charge in [-0.05, 0) is 49.9 Å². The van der Waals surface area contributed by atoms with Crippen LogP contribution in [0.5, 0.6) is 0 Å². The number of aliphatic hydroxyl groups is 1. The summed E-state index contributed by atoms with van der Waals surface area (Å²) in [6.07, 6.45) is 8.45. The Balaban J connectivity index is 1.85. The fourth-order valence-corrected chi connectivity index (χ4v) is 2.51. The van der Waals surface area contributed by atoms with E-state index in [-0.39, 0.29) is 6.23 Å². The van der Waals surface area contributed by atoms with Crippen molar-refractivity contribution < 1.29 is 9.84 Å². The predicted molar refractivity (Wildman–Crippen MR) is 74.0 cm³/mol. The van der Waals surface area contributed by atoms with E-state index in [1.54, 1.807) is 31.5 Å². The molecular formula is C15H19N3O2. The lowest BCUT2D eigenvalue weighted by Crippen LogP contribution is -2.25. The molecule has 1 aliphatic rings. The van der Waals surface area contributed by atoms with Gasteiger partial charge in [0.1, 0.15) is 11.8 Å². The summed E-state index contributed by atoms with van der Waals surface area (Å²) in [4.78, 5) is 3.97. The van der Waals surface area contributed by atoms with E-state index in [1.165, 1.54) is 0 Å². The molecule has 0 bridgehead atoms. The Morgan fingerprint density at radius 1 is 1.30 bits per heavy atom. The second-order valence-electron chi connectivity index (χ2n) is 5.31. The van der Waals surface area contributed by atoms with Gasteiger partial charge in [0.25, 0.3) is 0 Å². The highest BCUT2D eigenvalue weighted by atomic mass is 16.5. The average molecular weight is 273 g/mol. The molecule has 5 heteroatoms. The van der Waals surface area contributed by atoms with Gasteiger partial charge in [-0.2, -0.15) is 5.10 Å². The van der Waals surface area contributed by atoms with Gasteiger partial charge in [0.2, 0.25) is 0 Å². The summed E-state index contributed by atoms with van der Waals surface area (Å²) in [5, 5.41) is 15.2. The Kier molecular flexibility index (Phi) is 3.54. The number of pyridine rings is 1. The van der Waals surface area contributed by atoms with Crippen LogP contribution in [0.25, 0.3) is 0 Å². The smallest absolute Gasteiger partial charge is 0.150 e. The second-order valence-corrected chi connectivity index (χ2v) is 5.31. The zero-order chi connectivity index (χ0) is 14.0. The molecule has 0 radical (unpaired) electrons. The van der Waals surface area contributed by atoms with Crippen molar-refractivity contribution in [2.24, 2.45) is 0 Å². The van der Waals surface area contributed by atoms with Gasteiger partial charge in [-0.1, -0.05) is 0 Å². The Bertz CT molecular complexity index is 560. The number of aromatic nitrogens is 3. The number of hydrogen-bond acceptors (Lipinski definition) is 4. The van der Waals surface area contributed by atoms with Crippen LogP contribution in [0, 0.1) is 0 Å². The number of nitrogens with zero attached hydrogens (tertiary/aromatic N) is 3. The fraction of sp³-hybridized carbons (Fsp3) is 0.467. The highest BCUT2D eigenvalue weighted by Crippen LogP contribution is 2.29. The lowest BCUT2D eigenvalue weighted by atomic mass is 9.94. The van der Waals surface area contributed by atoms with Gasteiger partial charge in [-0.3, -0.25) is 4.98 Å². The summed E-state index contributed by atoms with van der Waals surface area (Å²) >= 11 is 0. The summed E-state index contributed by atoms with van der Waals surface area (Å²) in [6.45, 7) is 2.53. The van der Waals surface area contributed by atoms with Crippen LogP contribution in [0.4, 0.5) is 0 Å². The van der Waals surface area contributed by atoms with Gasteiger partial charge in [0, 0.05) is 25.2 Å². The topological polar surface area (TPSA) is 60.2 Å². The standard InChI is InChI=1S/C15H19N3O2/c1-15(19,12-5-8-16-9-6-12)13-7-10-18(17-13)14-4-2-3-11-20-14/h5-10,14,19H,2-4,11H2,1H3. The van der Waals surface area contributed by atoms with Crippen molar-refractivity contribution in [1.29, 1.82) is 0 Å².